The zero-order chi connectivity index (χ0) is 16.2. The van der Waals surface area contributed by atoms with Crippen molar-refractivity contribution in [1.29, 1.82) is 0 Å². The molecule has 0 saturated heterocycles. The van der Waals surface area contributed by atoms with Gasteiger partial charge in [0, 0.05) is 6.26 Å². The van der Waals surface area contributed by atoms with E-state index in [4.69, 9.17) is 4.18 Å². The Balaban J connectivity index is 1.65. The van der Waals surface area contributed by atoms with Gasteiger partial charge in [0.1, 0.15) is 5.75 Å². The molecule has 0 bridgehead atoms. The van der Waals surface area contributed by atoms with Gasteiger partial charge in [-0.3, -0.25) is 0 Å². The smallest absolute Gasteiger partial charge is 0.137 e. The molecule has 0 radical (unpaired) electrons. The molecule has 3 aliphatic carbocycles. The highest BCUT2D eigenvalue weighted by molar-refractivity contribution is 7.94. The predicted molar refractivity (Wildman–Crippen MR) is 92.6 cm³/mol. The van der Waals surface area contributed by atoms with Crippen molar-refractivity contribution in [2.24, 2.45) is 17.3 Å². The molecule has 3 nitrogen and oxygen atoms in total. The summed E-state index contributed by atoms with van der Waals surface area (Å²) in [6, 6.07) is 6.54. The minimum atomic E-state index is -0.549. The zero-order valence-electron chi connectivity index (χ0n) is 13.9. The molecular weight excluding hydrogens is 308 g/mol. The average molecular weight is 334 g/mol. The summed E-state index contributed by atoms with van der Waals surface area (Å²) in [5, 5.41) is 20.7. The Bertz CT molecular complexity index is 604. The van der Waals surface area contributed by atoms with Crippen LogP contribution >= 0.6 is 12.0 Å². The Morgan fingerprint density at radius 1 is 1.26 bits per heavy atom. The van der Waals surface area contributed by atoms with Crippen molar-refractivity contribution in [1.82, 2.24) is 0 Å². The number of rotatable bonds is 2. The SMILES string of the molecule is CSOc1ccc2c(c1)CCC1C2CCC2(C)C(O)C(O)CC12. The first kappa shape index (κ1) is 15.8. The highest BCUT2D eigenvalue weighted by Crippen LogP contribution is 2.60. The lowest BCUT2D eigenvalue weighted by atomic mass is 9.55. The van der Waals surface area contributed by atoms with Gasteiger partial charge < -0.3 is 14.4 Å². The Morgan fingerprint density at radius 2 is 2.09 bits per heavy atom. The van der Waals surface area contributed by atoms with Gasteiger partial charge in [-0.25, -0.2) is 0 Å². The molecule has 1 aromatic carbocycles. The summed E-state index contributed by atoms with van der Waals surface area (Å²) in [4.78, 5) is 0. The van der Waals surface area contributed by atoms with Gasteiger partial charge in [-0.15, -0.1) is 0 Å². The van der Waals surface area contributed by atoms with Crippen LogP contribution < -0.4 is 4.18 Å². The second-order valence-corrected chi connectivity index (χ2v) is 8.32. The number of fused-ring (bicyclic) bond motifs is 5. The topological polar surface area (TPSA) is 49.7 Å². The first-order chi connectivity index (χ1) is 11.0. The molecule has 126 valence electrons. The van der Waals surface area contributed by atoms with Crippen LogP contribution in [0.25, 0.3) is 0 Å². The van der Waals surface area contributed by atoms with E-state index < -0.39 is 12.2 Å². The van der Waals surface area contributed by atoms with Crippen molar-refractivity contribution < 1.29 is 14.4 Å². The summed E-state index contributed by atoms with van der Waals surface area (Å²) in [5.41, 5.74) is 2.81. The van der Waals surface area contributed by atoms with Gasteiger partial charge in [0.25, 0.3) is 0 Å². The second kappa shape index (κ2) is 5.68. The lowest BCUT2D eigenvalue weighted by molar-refractivity contribution is -0.0505. The molecule has 6 unspecified atom stereocenters. The van der Waals surface area contributed by atoms with Crippen LogP contribution in [0.2, 0.25) is 0 Å². The third-order valence-corrected chi connectivity index (χ3v) is 7.21. The van der Waals surface area contributed by atoms with Crippen LogP contribution in [-0.2, 0) is 6.42 Å². The monoisotopic (exact) mass is 334 g/mol. The van der Waals surface area contributed by atoms with E-state index in [1.54, 1.807) is 0 Å². The minimum absolute atomic E-state index is 0.0972. The third kappa shape index (κ3) is 2.33. The van der Waals surface area contributed by atoms with E-state index in [-0.39, 0.29) is 5.41 Å². The molecule has 0 aromatic heterocycles. The van der Waals surface area contributed by atoms with E-state index in [0.717, 1.165) is 31.4 Å². The normalized spacial score (nSPS) is 41.8. The number of aliphatic hydroxyl groups is 2. The van der Waals surface area contributed by atoms with E-state index in [2.05, 4.69) is 25.1 Å². The summed E-state index contributed by atoms with van der Waals surface area (Å²) in [6.45, 7) is 2.19. The van der Waals surface area contributed by atoms with Gasteiger partial charge in [-0.2, -0.15) is 0 Å². The summed E-state index contributed by atoms with van der Waals surface area (Å²) < 4.78 is 5.57. The molecule has 1 aromatic rings. The summed E-state index contributed by atoms with van der Waals surface area (Å²) in [5.74, 6) is 2.57. The first-order valence-electron chi connectivity index (χ1n) is 8.74. The molecule has 23 heavy (non-hydrogen) atoms. The summed E-state index contributed by atoms with van der Waals surface area (Å²) >= 11 is 1.39. The number of hydrogen-bond donors (Lipinski definition) is 2. The predicted octanol–water partition coefficient (Wildman–Crippen LogP) is 3.53. The Morgan fingerprint density at radius 3 is 2.87 bits per heavy atom. The van der Waals surface area contributed by atoms with Crippen LogP contribution in [0.15, 0.2) is 18.2 Å². The summed E-state index contributed by atoms with van der Waals surface area (Å²) in [7, 11) is 0. The standard InChI is InChI=1S/C19H26O3S/c1-19-8-7-14-13-6-4-12(22-23-2)9-11(13)3-5-15(14)16(19)10-17(20)18(19)21/h4,6,9,14-18,20-21H,3,5,7-8,10H2,1-2H3. The van der Waals surface area contributed by atoms with Crippen molar-refractivity contribution >= 4 is 12.0 Å². The van der Waals surface area contributed by atoms with Crippen LogP contribution in [0.3, 0.4) is 0 Å². The number of aliphatic hydroxyl groups excluding tert-OH is 2. The second-order valence-electron chi connectivity index (χ2n) is 7.82. The molecule has 2 fully saturated rings. The molecular formula is C19H26O3S. The van der Waals surface area contributed by atoms with Crippen LogP contribution in [0.1, 0.15) is 49.7 Å². The third-order valence-electron chi connectivity index (χ3n) is 6.85. The number of benzene rings is 1. The fourth-order valence-electron chi connectivity index (χ4n) is 5.69. The van der Waals surface area contributed by atoms with Crippen molar-refractivity contribution in [2.75, 3.05) is 6.26 Å². The van der Waals surface area contributed by atoms with Gasteiger partial charge in [-0.05, 0) is 78.5 Å². The molecule has 0 heterocycles. The maximum atomic E-state index is 10.5. The molecule has 2 N–H and O–H groups in total. The lowest BCUT2D eigenvalue weighted by Gasteiger charge is -2.49. The molecule has 0 amide bonds. The fraction of sp³-hybridized carbons (Fsp3) is 0.684. The van der Waals surface area contributed by atoms with Gasteiger partial charge >= 0.3 is 0 Å². The fourth-order valence-corrected chi connectivity index (χ4v) is 5.99. The van der Waals surface area contributed by atoms with Crippen LogP contribution in [0.5, 0.6) is 5.75 Å². The molecule has 2 saturated carbocycles. The Hall–Kier alpha value is -0.710. The van der Waals surface area contributed by atoms with E-state index in [1.165, 1.54) is 29.6 Å². The maximum absolute atomic E-state index is 10.5. The molecule has 4 heteroatoms. The van der Waals surface area contributed by atoms with E-state index >= 15 is 0 Å². The van der Waals surface area contributed by atoms with Gasteiger partial charge in [-0.1, -0.05) is 13.0 Å². The Labute approximate surface area is 142 Å². The average Bonchev–Trinajstić information content (AvgIpc) is 2.78. The molecule has 3 aliphatic rings. The van der Waals surface area contributed by atoms with Crippen molar-refractivity contribution in [3.05, 3.63) is 29.3 Å². The van der Waals surface area contributed by atoms with Crippen molar-refractivity contribution in [2.45, 2.75) is 57.2 Å². The number of aryl methyl sites for hydroxylation is 1. The van der Waals surface area contributed by atoms with E-state index in [0.29, 0.717) is 17.8 Å². The number of hydrogen-bond acceptors (Lipinski definition) is 4. The van der Waals surface area contributed by atoms with Gasteiger partial charge in [0.15, 0.2) is 0 Å². The molecule has 4 rings (SSSR count). The van der Waals surface area contributed by atoms with Gasteiger partial charge in [0.2, 0.25) is 0 Å². The van der Waals surface area contributed by atoms with Crippen molar-refractivity contribution in [3.8, 4) is 5.75 Å². The molecule has 0 aliphatic heterocycles. The van der Waals surface area contributed by atoms with Crippen LogP contribution in [0, 0.1) is 17.3 Å². The first-order valence-corrected chi connectivity index (χ1v) is 9.89. The zero-order valence-corrected chi connectivity index (χ0v) is 14.7. The quantitative estimate of drug-likeness (QED) is 0.813. The van der Waals surface area contributed by atoms with E-state index in [1.807, 2.05) is 6.26 Å². The minimum Gasteiger partial charge on any atom is -0.426 e. The van der Waals surface area contributed by atoms with Crippen LogP contribution in [0.4, 0.5) is 0 Å². The molecule has 6 atom stereocenters. The largest absolute Gasteiger partial charge is 0.426 e. The van der Waals surface area contributed by atoms with E-state index in [9.17, 15) is 10.2 Å². The van der Waals surface area contributed by atoms with Gasteiger partial charge in [0.05, 0.1) is 24.3 Å². The highest BCUT2D eigenvalue weighted by atomic mass is 32.2. The highest BCUT2D eigenvalue weighted by Gasteiger charge is 2.57. The Kier molecular flexibility index (Phi) is 3.90. The van der Waals surface area contributed by atoms with Crippen LogP contribution in [-0.4, -0.2) is 28.7 Å². The van der Waals surface area contributed by atoms with Crippen molar-refractivity contribution in [3.63, 3.8) is 0 Å². The maximum Gasteiger partial charge on any atom is 0.137 e. The molecule has 0 spiro atoms. The lowest BCUT2D eigenvalue weighted by Crippen LogP contribution is -2.44. The summed E-state index contributed by atoms with van der Waals surface area (Å²) in [6.07, 6.45) is 6.00.